The Morgan fingerprint density at radius 1 is 1.24 bits per heavy atom. The van der Waals surface area contributed by atoms with Crippen LogP contribution in [0.25, 0.3) is 0 Å². The number of carbonyl (C=O) groups excluding carboxylic acids is 1. The first-order valence-corrected chi connectivity index (χ1v) is 8.29. The molecule has 3 heteroatoms. The van der Waals surface area contributed by atoms with Crippen LogP contribution in [0, 0.1) is 5.92 Å². The number of carbonyl (C=O) groups is 1. The Morgan fingerprint density at radius 2 is 2.00 bits per heavy atom. The van der Waals surface area contributed by atoms with Crippen LogP contribution in [0.2, 0.25) is 0 Å². The lowest BCUT2D eigenvalue weighted by Crippen LogP contribution is -2.46. The van der Waals surface area contributed by atoms with Crippen LogP contribution in [0.3, 0.4) is 0 Å². The number of hydrogen-bond acceptors (Lipinski definition) is 2. The molecule has 3 atom stereocenters. The predicted octanol–water partition coefficient (Wildman–Crippen LogP) is 3.13. The van der Waals surface area contributed by atoms with E-state index in [9.17, 15) is 4.79 Å². The van der Waals surface area contributed by atoms with Gasteiger partial charge in [-0.15, -0.1) is 0 Å². The van der Waals surface area contributed by atoms with Gasteiger partial charge < -0.3 is 10.2 Å². The van der Waals surface area contributed by atoms with Gasteiger partial charge in [0.05, 0.1) is 6.54 Å². The third-order valence-corrected chi connectivity index (χ3v) is 5.12. The number of rotatable bonds is 3. The third kappa shape index (κ3) is 3.07. The van der Waals surface area contributed by atoms with E-state index in [-0.39, 0.29) is 5.91 Å². The average Bonchev–Trinajstić information content (AvgIpc) is 2.78. The van der Waals surface area contributed by atoms with E-state index < -0.39 is 0 Å². The monoisotopic (exact) mass is 286 g/mol. The minimum atomic E-state index is 0.178. The maximum absolute atomic E-state index is 12.4. The second-order valence-electron chi connectivity index (χ2n) is 6.75. The van der Waals surface area contributed by atoms with E-state index in [1.807, 2.05) is 0 Å². The maximum Gasteiger partial charge on any atom is 0.239 e. The van der Waals surface area contributed by atoms with Crippen molar-refractivity contribution in [1.82, 2.24) is 5.32 Å². The van der Waals surface area contributed by atoms with Crippen molar-refractivity contribution in [3.8, 4) is 0 Å². The zero-order chi connectivity index (χ0) is 14.8. The fourth-order valence-electron chi connectivity index (χ4n) is 3.81. The quantitative estimate of drug-likeness (QED) is 0.926. The number of para-hydroxylation sites is 1. The zero-order valence-corrected chi connectivity index (χ0v) is 13.1. The molecule has 1 N–H and O–H groups in total. The average molecular weight is 286 g/mol. The zero-order valence-electron chi connectivity index (χ0n) is 13.1. The summed E-state index contributed by atoms with van der Waals surface area (Å²) in [6, 6.07) is 9.24. The highest BCUT2D eigenvalue weighted by molar-refractivity contribution is 5.82. The SMILES string of the molecule is C[C@@H]1CCCC[C@@H]1NC(=O)CN1c2ccccc2C[C@@H]1C. The standard InChI is InChI=1S/C18H26N2O/c1-13-7-3-5-9-16(13)19-18(21)12-20-14(2)11-15-8-4-6-10-17(15)20/h4,6,8,10,13-14,16H,3,5,7,9,11-12H2,1-2H3,(H,19,21)/t13-,14+,16+/m1/s1. The Bertz CT molecular complexity index is 514. The summed E-state index contributed by atoms with van der Waals surface area (Å²) in [5.74, 6) is 0.795. The lowest BCUT2D eigenvalue weighted by molar-refractivity contribution is -0.121. The fraction of sp³-hybridized carbons (Fsp3) is 0.611. The molecule has 0 saturated heterocycles. The molecular formula is C18H26N2O. The molecule has 1 saturated carbocycles. The van der Waals surface area contributed by atoms with E-state index in [0.29, 0.717) is 24.5 Å². The molecule has 0 unspecified atom stereocenters. The third-order valence-electron chi connectivity index (χ3n) is 5.12. The summed E-state index contributed by atoms with van der Waals surface area (Å²) in [7, 11) is 0. The summed E-state index contributed by atoms with van der Waals surface area (Å²) in [6.07, 6.45) is 5.98. The van der Waals surface area contributed by atoms with Gasteiger partial charge in [-0.1, -0.05) is 38.0 Å². The van der Waals surface area contributed by atoms with Crippen molar-refractivity contribution in [3.63, 3.8) is 0 Å². The first-order valence-electron chi connectivity index (χ1n) is 8.29. The lowest BCUT2D eigenvalue weighted by Gasteiger charge is -2.31. The lowest BCUT2D eigenvalue weighted by atomic mass is 9.86. The van der Waals surface area contributed by atoms with Gasteiger partial charge in [0.25, 0.3) is 0 Å². The molecule has 1 aliphatic heterocycles. The van der Waals surface area contributed by atoms with E-state index in [0.717, 1.165) is 12.8 Å². The van der Waals surface area contributed by atoms with Gasteiger partial charge in [-0.05, 0) is 43.7 Å². The number of anilines is 1. The van der Waals surface area contributed by atoms with Crippen LogP contribution in [0.15, 0.2) is 24.3 Å². The molecular weight excluding hydrogens is 260 g/mol. The van der Waals surface area contributed by atoms with E-state index in [1.165, 1.54) is 30.5 Å². The Labute approximate surface area is 127 Å². The Kier molecular flexibility index (Phi) is 4.18. The molecule has 2 aliphatic rings. The molecule has 3 rings (SSSR count). The highest BCUT2D eigenvalue weighted by Gasteiger charge is 2.28. The van der Waals surface area contributed by atoms with Crippen molar-refractivity contribution in [2.75, 3.05) is 11.4 Å². The van der Waals surface area contributed by atoms with Crippen LogP contribution < -0.4 is 10.2 Å². The Morgan fingerprint density at radius 3 is 2.81 bits per heavy atom. The van der Waals surface area contributed by atoms with Gasteiger partial charge in [0, 0.05) is 17.8 Å². The molecule has 1 fully saturated rings. The van der Waals surface area contributed by atoms with Crippen LogP contribution in [0.4, 0.5) is 5.69 Å². The normalized spacial score (nSPS) is 28.3. The molecule has 1 heterocycles. The highest BCUT2D eigenvalue weighted by atomic mass is 16.2. The Balaban J connectivity index is 1.62. The van der Waals surface area contributed by atoms with Gasteiger partial charge in [-0.25, -0.2) is 0 Å². The van der Waals surface area contributed by atoms with Gasteiger partial charge in [0.2, 0.25) is 5.91 Å². The molecule has 1 aromatic carbocycles. The molecule has 0 bridgehead atoms. The summed E-state index contributed by atoms with van der Waals surface area (Å²) in [6.45, 7) is 4.95. The van der Waals surface area contributed by atoms with Gasteiger partial charge in [-0.2, -0.15) is 0 Å². The van der Waals surface area contributed by atoms with Crippen molar-refractivity contribution < 1.29 is 4.79 Å². The largest absolute Gasteiger partial charge is 0.359 e. The minimum absolute atomic E-state index is 0.178. The van der Waals surface area contributed by atoms with E-state index >= 15 is 0 Å². The Hall–Kier alpha value is -1.51. The van der Waals surface area contributed by atoms with Gasteiger partial charge in [-0.3, -0.25) is 4.79 Å². The molecule has 21 heavy (non-hydrogen) atoms. The molecule has 0 radical (unpaired) electrons. The van der Waals surface area contributed by atoms with Crippen LogP contribution in [0.1, 0.15) is 45.1 Å². The first-order chi connectivity index (χ1) is 10.1. The molecule has 3 nitrogen and oxygen atoms in total. The predicted molar refractivity (Wildman–Crippen MR) is 86.5 cm³/mol. The van der Waals surface area contributed by atoms with Crippen LogP contribution in [-0.4, -0.2) is 24.5 Å². The van der Waals surface area contributed by atoms with Gasteiger partial charge >= 0.3 is 0 Å². The summed E-state index contributed by atoms with van der Waals surface area (Å²) in [5.41, 5.74) is 2.60. The topological polar surface area (TPSA) is 32.3 Å². The summed E-state index contributed by atoms with van der Waals surface area (Å²) in [5, 5.41) is 3.27. The second-order valence-corrected chi connectivity index (χ2v) is 6.75. The molecule has 114 valence electrons. The minimum Gasteiger partial charge on any atom is -0.359 e. The van der Waals surface area contributed by atoms with Crippen molar-refractivity contribution in [1.29, 1.82) is 0 Å². The number of amides is 1. The molecule has 1 aromatic rings. The number of hydrogen-bond donors (Lipinski definition) is 1. The second kappa shape index (κ2) is 6.08. The van der Waals surface area contributed by atoms with Gasteiger partial charge in [0.1, 0.15) is 0 Å². The molecule has 0 spiro atoms. The van der Waals surface area contributed by atoms with E-state index in [4.69, 9.17) is 0 Å². The van der Waals surface area contributed by atoms with E-state index in [1.54, 1.807) is 0 Å². The molecule has 1 aliphatic carbocycles. The smallest absolute Gasteiger partial charge is 0.239 e. The summed E-state index contributed by atoms with van der Waals surface area (Å²) < 4.78 is 0. The van der Waals surface area contributed by atoms with Gasteiger partial charge in [0.15, 0.2) is 0 Å². The van der Waals surface area contributed by atoms with Crippen molar-refractivity contribution in [2.24, 2.45) is 5.92 Å². The van der Waals surface area contributed by atoms with Crippen molar-refractivity contribution in [2.45, 2.75) is 58.0 Å². The number of benzene rings is 1. The molecule has 0 aromatic heterocycles. The number of nitrogens with zero attached hydrogens (tertiary/aromatic N) is 1. The highest BCUT2D eigenvalue weighted by Crippen LogP contribution is 2.31. The maximum atomic E-state index is 12.4. The molecule has 1 amide bonds. The summed E-state index contributed by atoms with van der Waals surface area (Å²) >= 11 is 0. The fourth-order valence-corrected chi connectivity index (χ4v) is 3.81. The summed E-state index contributed by atoms with van der Waals surface area (Å²) in [4.78, 5) is 14.7. The van der Waals surface area contributed by atoms with Crippen LogP contribution >= 0.6 is 0 Å². The van der Waals surface area contributed by atoms with Crippen LogP contribution in [0.5, 0.6) is 0 Å². The number of nitrogens with one attached hydrogen (secondary N) is 1. The van der Waals surface area contributed by atoms with Crippen molar-refractivity contribution >= 4 is 11.6 Å². The van der Waals surface area contributed by atoms with Crippen molar-refractivity contribution in [3.05, 3.63) is 29.8 Å². The van der Waals surface area contributed by atoms with E-state index in [2.05, 4.69) is 48.3 Å². The number of fused-ring (bicyclic) bond motifs is 1. The first kappa shape index (κ1) is 14.4. The van der Waals surface area contributed by atoms with Crippen LogP contribution in [-0.2, 0) is 11.2 Å².